The average Bonchev–Trinajstić information content (AvgIpc) is 2.65. The Hall–Kier alpha value is -1.72. The van der Waals surface area contributed by atoms with Crippen LogP contribution in [0.5, 0.6) is 0 Å². The van der Waals surface area contributed by atoms with Crippen molar-refractivity contribution >= 4 is 29.2 Å². The fraction of sp³-hybridized carbons (Fsp3) is 0. The van der Waals surface area contributed by atoms with Crippen LogP contribution in [0, 0.1) is 0 Å². The van der Waals surface area contributed by atoms with E-state index in [-0.39, 0.29) is 5.96 Å². The first kappa shape index (κ1) is 11.8. The molecule has 0 radical (unpaired) electrons. The van der Waals surface area contributed by atoms with Crippen LogP contribution in [0.15, 0.2) is 35.7 Å². The summed E-state index contributed by atoms with van der Waals surface area (Å²) >= 11 is 12.2. The smallest absolute Gasteiger partial charge is 0.209 e. The van der Waals surface area contributed by atoms with Crippen LogP contribution in [0.3, 0.4) is 0 Å². The summed E-state index contributed by atoms with van der Waals surface area (Å²) in [6.07, 6.45) is 3.16. The molecule has 0 aliphatic heterocycles. The number of nitrogens with two attached hydrogens (primary N) is 2. The quantitative estimate of drug-likeness (QED) is 0.645. The molecule has 0 unspecified atom stereocenters. The molecule has 1 heterocycles. The predicted octanol–water partition coefficient (Wildman–Crippen LogP) is 1.89. The first-order valence-electron chi connectivity index (χ1n) is 4.67. The van der Waals surface area contributed by atoms with Crippen LogP contribution >= 0.6 is 23.2 Å². The van der Waals surface area contributed by atoms with Crippen LogP contribution in [0.1, 0.15) is 0 Å². The maximum Gasteiger partial charge on any atom is 0.209 e. The van der Waals surface area contributed by atoms with Gasteiger partial charge in [-0.05, 0) is 12.1 Å². The number of nitrogens with zero attached hydrogens (tertiary/aromatic N) is 3. The molecule has 17 heavy (non-hydrogen) atoms. The summed E-state index contributed by atoms with van der Waals surface area (Å²) in [6, 6.07) is 5.19. The third kappa shape index (κ3) is 2.35. The van der Waals surface area contributed by atoms with E-state index in [1.807, 2.05) is 0 Å². The van der Waals surface area contributed by atoms with Crippen molar-refractivity contribution in [3.63, 3.8) is 0 Å². The number of hydrogen-bond acceptors (Lipinski definition) is 2. The minimum atomic E-state index is -0.0765. The second-order valence-electron chi connectivity index (χ2n) is 3.22. The normalized spacial score (nSPS) is 10.2. The monoisotopic (exact) mass is 269 g/mol. The molecule has 7 heteroatoms. The van der Waals surface area contributed by atoms with Gasteiger partial charge in [-0.1, -0.05) is 29.3 Å². The van der Waals surface area contributed by atoms with Crippen molar-refractivity contribution in [1.82, 2.24) is 9.66 Å². The van der Waals surface area contributed by atoms with Gasteiger partial charge in [-0.25, -0.2) is 9.66 Å². The highest BCUT2D eigenvalue weighted by Crippen LogP contribution is 2.33. The van der Waals surface area contributed by atoms with Crippen LogP contribution in [0.4, 0.5) is 0 Å². The van der Waals surface area contributed by atoms with Crippen LogP contribution in [-0.4, -0.2) is 15.6 Å². The van der Waals surface area contributed by atoms with Crippen LogP contribution in [0.25, 0.3) is 11.4 Å². The van der Waals surface area contributed by atoms with Gasteiger partial charge in [-0.2, -0.15) is 0 Å². The van der Waals surface area contributed by atoms with E-state index < -0.39 is 0 Å². The lowest BCUT2D eigenvalue weighted by Crippen LogP contribution is -2.23. The maximum absolute atomic E-state index is 6.08. The number of hydrogen-bond donors (Lipinski definition) is 2. The van der Waals surface area contributed by atoms with E-state index in [2.05, 4.69) is 10.1 Å². The molecule has 4 N–H and O–H groups in total. The summed E-state index contributed by atoms with van der Waals surface area (Å²) in [6.45, 7) is 0. The number of aromatic nitrogens is 2. The van der Waals surface area contributed by atoms with Crippen molar-refractivity contribution in [2.75, 3.05) is 0 Å². The summed E-state index contributed by atoms with van der Waals surface area (Å²) in [5.74, 6) is 0.404. The van der Waals surface area contributed by atoms with Gasteiger partial charge in [0.25, 0.3) is 0 Å². The van der Waals surface area contributed by atoms with Crippen molar-refractivity contribution in [3.8, 4) is 11.4 Å². The average molecular weight is 270 g/mol. The van der Waals surface area contributed by atoms with E-state index >= 15 is 0 Å². The maximum atomic E-state index is 6.08. The molecule has 1 aromatic carbocycles. The first-order valence-corrected chi connectivity index (χ1v) is 5.43. The zero-order valence-electron chi connectivity index (χ0n) is 8.64. The molecule has 0 aliphatic carbocycles. The Balaban J connectivity index is 2.62. The summed E-state index contributed by atoms with van der Waals surface area (Å²) in [5, 5.41) is 4.85. The molecule has 0 spiro atoms. The molecule has 2 rings (SSSR count). The van der Waals surface area contributed by atoms with E-state index in [1.165, 1.54) is 4.68 Å². The number of halogens is 2. The first-order chi connectivity index (χ1) is 8.09. The second kappa shape index (κ2) is 4.65. The van der Waals surface area contributed by atoms with Gasteiger partial charge >= 0.3 is 0 Å². The van der Waals surface area contributed by atoms with Crippen LogP contribution in [0.2, 0.25) is 10.0 Å². The highest BCUT2D eigenvalue weighted by molar-refractivity contribution is 6.38. The van der Waals surface area contributed by atoms with Gasteiger partial charge in [0.05, 0.1) is 15.6 Å². The molecule has 0 bridgehead atoms. The number of rotatable bonds is 2. The van der Waals surface area contributed by atoms with Gasteiger partial charge in [0, 0.05) is 12.4 Å². The minimum absolute atomic E-state index is 0.0765. The van der Waals surface area contributed by atoms with E-state index in [0.717, 1.165) is 0 Å². The lowest BCUT2D eigenvalue weighted by molar-refractivity contribution is 0.879. The summed E-state index contributed by atoms with van der Waals surface area (Å²) in [7, 11) is 0. The third-order valence-electron chi connectivity index (χ3n) is 2.03. The van der Waals surface area contributed by atoms with Crippen LogP contribution in [-0.2, 0) is 0 Å². The molecule has 0 aliphatic rings. The van der Waals surface area contributed by atoms with Crippen LogP contribution < -0.4 is 11.5 Å². The van der Waals surface area contributed by atoms with Gasteiger partial charge < -0.3 is 11.5 Å². The molecule has 5 nitrogen and oxygen atoms in total. The second-order valence-corrected chi connectivity index (χ2v) is 4.03. The molecule has 0 saturated heterocycles. The largest absolute Gasteiger partial charge is 0.369 e. The number of guanidine groups is 1. The topological polar surface area (TPSA) is 82.2 Å². The van der Waals surface area contributed by atoms with Crippen molar-refractivity contribution in [2.24, 2.45) is 16.6 Å². The fourth-order valence-corrected chi connectivity index (χ4v) is 1.96. The molecular formula is C10H9Cl2N5. The summed E-state index contributed by atoms with van der Waals surface area (Å²) in [4.78, 5) is 4.14. The Bertz CT molecular complexity index is 552. The van der Waals surface area contributed by atoms with Crippen molar-refractivity contribution < 1.29 is 0 Å². The van der Waals surface area contributed by atoms with Gasteiger partial charge in [0.1, 0.15) is 0 Å². The molecule has 0 fully saturated rings. The van der Waals surface area contributed by atoms with Crippen molar-refractivity contribution in [3.05, 3.63) is 40.6 Å². The van der Waals surface area contributed by atoms with Crippen molar-refractivity contribution in [2.45, 2.75) is 0 Å². The Morgan fingerprint density at radius 2 is 1.88 bits per heavy atom. The Kier molecular flexibility index (Phi) is 3.21. The Labute approximate surface area is 108 Å². The minimum Gasteiger partial charge on any atom is -0.369 e. The highest BCUT2D eigenvalue weighted by atomic mass is 35.5. The van der Waals surface area contributed by atoms with Gasteiger partial charge in [-0.3, -0.25) is 0 Å². The van der Waals surface area contributed by atoms with E-state index in [0.29, 0.717) is 21.4 Å². The van der Waals surface area contributed by atoms with Gasteiger partial charge in [0.2, 0.25) is 5.96 Å². The van der Waals surface area contributed by atoms with E-state index in [4.69, 9.17) is 34.7 Å². The van der Waals surface area contributed by atoms with E-state index in [9.17, 15) is 0 Å². The zero-order valence-corrected chi connectivity index (χ0v) is 10.2. The molecule has 1 aromatic heterocycles. The zero-order chi connectivity index (χ0) is 12.4. The number of imidazole rings is 1. The number of benzene rings is 1. The highest BCUT2D eigenvalue weighted by Gasteiger charge is 2.13. The van der Waals surface area contributed by atoms with E-state index in [1.54, 1.807) is 30.6 Å². The standard InChI is InChI=1S/C10H9Cl2N5/c11-6-2-1-3-7(12)8(6)9-15-4-5-17(9)16-10(13)14/h1-5H,(H4,13,14,16). The lowest BCUT2D eigenvalue weighted by atomic mass is 10.2. The Morgan fingerprint density at radius 3 is 2.47 bits per heavy atom. The molecule has 0 atom stereocenters. The van der Waals surface area contributed by atoms with Crippen molar-refractivity contribution in [1.29, 1.82) is 0 Å². The third-order valence-corrected chi connectivity index (χ3v) is 2.66. The summed E-state index contributed by atoms with van der Waals surface area (Å²) < 4.78 is 1.42. The van der Waals surface area contributed by atoms with Gasteiger partial charge in [0.15, 0.2) is 5.82 Å². The fourth-order valence-electron chi connectivity index (χ4n) is 1.39. The molecule has 0 amide bonds. The van der Waals surface area contributed by atoms with Gasteiger partial charge in [-0.15, -0.1) is 5.10 Å². The molecular weight excluding hydrogens is 261 g/mol. The SMILES string of the molecule is NC(N)=Nn1ccnc1-c1c(Cl)cccc1Cl. The lowest BCUT2D eigenvalue weighted by Gasteiger charge is -2.06. The molecule has 2 aromatic rings. The molecule has 88 valence electrons. The Morgan fingerprint density at radius 1 is 1.24 bits per heavy atom. The molecule has 0 saturated carbocycles. The predicted molar refractivity (Wildman–Crippen MR) is 68.9 cm³/mol. The summed E-state index contributed by atoms with van der Waals surface area (Å²) in [5.41, 5.74) is 11.2.